The second-order valence-corrected chi connectivity index (χ2v) is 5.15. The van der Waals surface area contributed by atoms with Gasteiger partial charge in [0.1, 0.15) is 0 Å². The van der Waals surface area contributed by atoms with Gasteiger partial charge in [0, 0.05) is 44.1 Å². The SMILES string of the molecule is CCCn1cc(CNCc2ccnn2CCC)c(C)n1.Cl. The number of halogens is 1. The van der Waals surface area contributed by atoms with Crippen LogP contribution in [0, 0.1) is 6.92 Å². The fourth-order valence-electron chi connectivity index (χ4n) is 2.32. The van der Waals surface area contributed by atoms with Crippen LogP contribution in [-0.4, -0.2) is 19.6 Å². The van der Waals surface area contributed by atoms with Gasteiger partial charge < -0.3 is 5.32 Å². The fraction of sp³-hybridized carbons (Fsp3) is 0.600. The van der Waals surface area contributed by atoms with E-state index in [1.54, 1.807) is 0 Å². The third-order valence-electron chi connectivity index (χ3n) is 3.36. The summed E-state index contributed by atoms with van der Waals surface area (Å²) in [4.78, 5) is 0. The molecule has 0 atom stereocenters. The Bertz CT molecular complexity index is 532. The Labute approximate surface area is 133 Å². The first kappa shape index (κ1) is 17.7. The Morgan fingerprint density at radius 3 is 2.62 bits per heavy atom. The summed E-state index contributed by atoms with van der Waals surface area (Å²) in [5.41, 5.74) is 3.64. The van der Waals surface area contributed by atoms with Crippen molar-refractivity contribution < 1.29 is 0 Å². The van der Waals surface area contributed by atoms with Crippen LogP contribution in [-0.2, 0) is 26.2 Å². The molecule has 6 heteroatoms. The van der Waals surface area contributed by atoms with E-state index in [0.717, 1.165) is 44.7 Å². The van der Waals surface area contributed by atoms with Crippen molar-refractivity contribution in [3.63, 3.8) is 0 Å². The lowest BCUT2D eigenvalue weighted by atomic mass is 10.2. The third kappa shape index (κ3) is 4.86. The smallest absolute Gasteiger partial charge is 0.0638 e. The minimum atomic E-state index is 0. The van der Waals surface area contributed by atoms with Gasteiger partial charge in [-0.2, -0.15) is 10.2 Å². The van der Waals surface area contributed by atoms with Crippen LogP contribution in [0.25, 0.3) is 0 Å². The van der Waals surface area contributed by atoms with E-state index in [1.165, 1.54) is 11.3 Å². The maximum atomic E-state index is 4.52. The molecule has 0 spiro atoms. The van der Waals surface area contributed by atoms with Gasteiger partial charge in [-0.25, -0.2) is 0 Å². The maximum absolute atomic E-state index is 4.52. The number of hydrogen-bond acceptors (Lipinski definition) is 3. The fourth-order valence-corrected chi connectivity index (χ4v) is 2.32. The molecule has 0 aliphatic heterocycles. The summed E-state index contributed by atoms with van der Waals surface area (Å²) in [6.45, 7) is 10.1. The molecule has 118 valence electrons. The van der Waals surface area contributed by atoms with Gasteiger partial charge in [0.05, 0.1) is 11.4 Å². The molecule has 0 aliphatic rings. The van der Waals surface area contributed by atoms with Crippen molar-refractivity contribution >= 4 is 12.4 Å². The lowest BCUT2D eigenvalue weighted by Crippen LogP contribution is -2.16. The molecule has 0 saturated heterocycles. The average Bonchev–Trinajstić information content (AvgIpc) is 2.99. The molecule has 0 saturated carbocycles. The molecule has 2 rings (SSSR count). The Hall–Kier alpha value is -1.33. The molecule has 0 radical (unpaired) electrons. The quantitative estimate of drug-likeness (QED) is 0.815. The van der Waals surface area contributed by atoms with Gasteiger partial charge in [-0.3, -0.25) is 9.36 Å². The first-order chi connectivity index (χ1) is 9.74. The van der Waals surface area contributed by atoms with E-state index < -0.39 is 0 Å². The minimum Gasteiger partial charge on any atom is -0.307 e. The van der Waals surface area contributed by atoms with Crippen molar-refractivity contribution in [1.82, 2.24) is 24.9 Å². The van der Waals surface area contributed by atoms with Crippen molar-refractivity contribution in [2.24, 2.45) is 0 Å². The van der Waals surface area contributed by atoms with Gasteiger partial charge in [0.2, 0.25) is 0 Å². The Morgan fingerprint density at radius 2 is 1.90 bits per heavy atom. The summed E-state index contributed by atoms with van der Waals surface area (Å²) in [6, 6.07) is 2.08. The summed E-state index contributed by atoms with van der Waals surface area (Å²) in [5.74, 6) is 0. The van der Waals surface area contributed by atoms with Gasteiger partial charge in [-0.05, 0) is 25.8 Å². The molecule has 0 aliphatic carbocycles. The van der Waals surface area contributed by atoms with Crippen LogP contribution in [0.3, 0.4) is 0 Å². The van der Waals surface area contributed by atoms with E-state index in [4.69, 9.17) is 0 Å². The predicted molar refractivity (Wildman–Crippen MR) is 87.6 cm³/mol. The molecule has 1 N–H and O–H groups in total. The van der Waals surface area contributed by atoms with Gasteiger partial charge in [0.15, 0.2) is 0 Å². The van der Waals surface area contributed by atoms with Gasteiger partial charge in [-0.15, -0.1) is 12.4 Å². The van der Waals surface area contributed by atoms with Crippen molar-refractivity contribution in [1.29, 1.82) is 0 Å². The topological polar surface area (TPSA) is 47.7 Å². The van der Waals surface area contributed by atoms with Gasteiger partial charge in [-0.1, -0.05) is 13.8 Å². The van der Waals surface area contributed by atoms with E-state index >= 15 is 0 Å². The lowest BCUT2D eigenvalue weighted by Gasteiger charge is -2.07. The molecule has 5 nitrogen and oxygen atoms in total. The van der Waals surface area contributed by atoms with Crippen LogP contribution < -0.4 is 5.32 Å². The predicted octanol–water partition coefficient (Wildman–Crippen LogP) is 2.92. The van der Waals surface area contributed by atoms with Crippen LogP contribution in [0.2, 0.25) is 0 Å². The largest absolute Gasteiger partial charge is 0.307 e. The molecule has 0 aromatic carbocycles. The number of rotatable bonds is 8. The Morgan fingerprint density at radius 1 is 1.14 bits per heavy atom. The molecule has 0 bridgehead atoms. The Kier molecular flexibility index (Phi) is 7.47. The summed E-state index contributed by atoms with van der Waals surface area (Å²) in [6.07, 6.45) is 6.24. The number of nitrogens with zero attached hydrogens (tertiary/aromatic N) is 4. The normalized spacial score (nSPS) is 10.6. The second-order valence-electron chi connectivity index (χ2n) is 5.15. The van der Waals surface area contributed by atoms with Crippen molar-refractivity contribution in [2.75, 3.05) is 0 Å². The minimum absolute atomic E-state index is 0. The second kappa shape index (κ2) is 8.85. The molecule has 0 fully saturated rings. The first-order valence-corrected chi connectivity index (χ1v) is 7.49. The summed E-state index contributed by atoms with van der Waals surface area (Å²) in [7, 11) is 0. The number of aryl methyl sites for hydroxylation is 3. The molecule has 0 unspecified atom stereocenters. The molecule has 0 amide bonds. The highest BCUT2D eigenvalue weighted by molar-refractivity contribution is 5.85. The van der Waals surface area contributed by atoms with Crippen LogP contribution in [0.5, 0.6) is 0 Å². The average molecular weight is 312 g/mol. The number of aromatic nitrogens is 4. The Balaban J connectivity index is 0.00000220. The van der Waals surface area contributed by atoms with E-state index in [0.29, 0.717) is 0 Å². The molecule has 2 aromatic heterocycles. The first-order valence-electron chi connectivity index (χ1n) is 7.49. The number of hydrogen-bond donors (Lipinski definition) is 1. The highest BCUT2D eigenvalue weighted by Crippen LogP contribution is 2.07. The van der Waals surface area contributed by atoms with E-state index in [2.05, 4.69) is 53.2 Å². The summed E-state index contributed by atoms with van der Waals surface area (Å²) < 4.78 is 4.11. The standard InChI is InChI=1S/C15H25N5.ClH/c1-4-8-19-12-14(13(3)18-19)10-16-11-15-6-7-17-20(15)9-5-2;/h6-7,12,16H,4-5,8-11H2,1-3H3;1H. The van der Waals surface area contributed by atoms with Crippen molar-refractivity contribution in [2.45, 2.75) is 59.8 Å². The maximum Gasteiger partial charge on any atom is 0.0638 e. The highest BCUT2D eigenvalue weighted by Gasteiger charge is 2.05. The third-order valence-corrected chi connectivity index (χ3v) is 3.36. The van der Waals surface area contributed by atoms with Crippen molar-refractivity contribution in [3.05, 3.63) is 35.4 Å². The van der Waals surface area contributed by atoms with E-state index in [-0.39, 0.29) is 12.4 Å². The zero-order valence-corrected chi connectivity index (χ0v) is 14.0. The van der Waals surface area contributed by atoms with Crippen LogP contribution in [0.4, 0.5) is 0 Å². The van der Waals surface area contributed by atoms with Gasteiger partial charge in [0.25, 0.3) is 0 Å². The molecular formula is C15H26ClN5. The van der Waals surface area contributed by atoms with E-state index in [1.807, 2.05) is 10.9 Å². The zero-order chi connectivity index (χ0) is 14.4. The highest BCUT2D eigenvalue weighted by atomic mass is 35.5. The zero-order valence-electron chi connectivity index (χ0n) is 13.2. The number of nitrogens with one attached hydrogen (secondary N) is 1. The molecular weight excluding hydrogens is 286 g/mol. The molecule has 2 heterocycles. The monoisotopic (exact) mass is 311 g/mol. The molecule has 2 aromatic rings. The van der Waals surface area contributed by atoms with Crippen molar-refractivity contribution in [3.8, 4) is 0 Å². The van der Waals surface area contributed by atoms with Crippen LogP contribution in [0.1, 0.15) is 43.6 Å². The lowest BCUT2D eigenvalue weighted by molar-refractivity contribution is 0.549. The van der Waals surface area contributed by atoms with Crippen LogP contribution >= 0.6 is 12.4 Å². The van der Waals surface area contributed by atoms with E-state index in [9.17, 15) is 0 Å². The molecule has 21 heavy (non-hydrogen) atoms. The van der Waals surface area contributed by atoms with Gasteiger partial charge >= 0.3 is 0 Å². The summed E-state index contributed by atoms with van der Waals surface area (Å²) >= 11 is 0. The van der Waals surface area contributed by atoms with Crippen LogP contribution in [0.15, 0.2) is 18.5 Å². The summed E-state index contributed by atoms with van der Waals surface area (Å²) in [5, 5.41) is 12.3.